The molecule has 0 aliphatic rings. The molecule has 2 aromatic carbocycles. The van der Waals surface area contributed by atoms with Crippen LogP contribution in [-0.4, -0.2) is 9.97 Å². The number of nitrogens with two attached hydrogens (primary N) is 1. The van der Waals surface area contributed by atoms with Crippen molar-refractivity contribution >= 4 is 27.7 Å². The second-order valence-electron chi connectivity index (χ2n) is 5.13. The van der Waals surface area contributed by atoms with Gasteiger partial charge in [-0.1, -0.05) is 30.3 Å². The van der Waals surface area contributed by atoms with Crippen molar-refractivity contribution in [2.45, 2.75) is 0 Å². The van der Waals surface area contributed by atoms with E-state index < -0.39 is 5.63 Å². The van der Waals surface area contributed by atoms with Crippen LogP contribution in [0.2, 0.25) is 0 Å². The monoisotopic (exact) mass is 305 g/mol. The fourth-order valence-electron chi connectivity index (χ4n) is 2.60. The van der Waals surface area contributed by atoms with Gasteiger partial charge in [0.05, 0.1) is 5.52 Å². The first kappa shape index (κ1) is 13.3. The summed E-state index contributed by atoms with van der Waals surface area (Å²) < 4.78 is 5.19. The van der Waals surface area contributed by atoms with Gasteiger partial charge in [0.1, 0.15) is 22.6 Å². The molecule has 2 heterocycles. The smallest absolute Gasteiger partial charge is 0.349 e. The van der Waals surface area contributed by atoms with Crippen molar-refractivity contribution in [2.24, 2.45) is 0 Å². The first-order valence-electron chi connectivity index (χ1n) is 6.95. The molecule has 0 atom stereocenters. The standard InChI is InChI=1S/C17H11N3O3/c18-15-13-14(19-16(20-15)9-4-2-1-3-5-9)11-7-6-10(21)8-12(11)23-17(13)22/h1-8H,18H2,(H,19,20). The molecule has 0 spiro atoms. The van der Waals surface area contributed by atoms with E-state index in [9.17, 15) is 9.59 Å². The number of H-pyrrole nitrogens is 1. The Kier molecular flexibility index (Phi) is 2.77. The van der Waals surface area contributed by atoms with E-state index in [1.807, 2.05) is 30.3 Å². The summed E-state index contributed by atoms with van der Waals surface area (Å²) in [7, 11) is 0. The summed E-state index contributed by atoms with van der Waals surface area (Å²) in [6.45, 7) is 0. The fourth-order valence-corrected chi connectivity index (χ4v) is 2.60. The van der Waals surface area contributed by atoms with Gasteiger partial charge >= 0.3 is 5.63 Å². The molecule has 0 saturated carbocycles. The summed E-state index contributed by atoms with van der Waals surface area (Å²) in [5, 5.41) is 0.779. The largest absolute Gasteiger partial charge is 0.422 e. The van der Waals surface area contributed by atoms with Crippen LogP contribution in [0.3, 0.4) is 0 Å². The molecule has 4 aromatic rings. The number of fused-ring (bicyclic) bond motifs is 3. The zero-order valence-corrected chi connectivity index (χ0v) is 11.9. The Hall–Kier alpha value is -3.41. The van der Waals surface area contributed by atoms with Crippen LogP contribution in [0, 0.1) is 0 Å². The van der Waals surface area contributed by atoms with E-state index in [1.165, 1.54) is 12.1 Å². The van der Waals surface area contributed by atoms with Crippen LogP contribution in [0.1, 0.15) is 0 Å². The van der Waals surface area contributed by atoms with E-state index in [4.69, 9.17) is 10.2 Å². The third-order valence-corrected chi connectivity index (χ3v) is 3.66. The quantitative estimate of drug-likeness (QED) is 0.415. The Morgan fingerprint density at radius 2 is 1.83 bits per heavy atom. The Morgan fingerprint density at radius 1 is 1.04 bits per heavy atom. The van der Waals surface area contributed by atoms with Crippen LogP contribution >= 0.6 is 0 Å². The number of aromatic amines is 1. The number of hydrogen-bond donors (Lipinski definition) is 2. The molecule has 23 heavy (non-hydrogen) atoms. The van der Waals surface area contributed by atoms with Crippen LogP contribution in [-0.2, 0) is 0 Å². The number of hydrogen-bond acceptors (Lipinski definition) is 5. The number of rotatable bonds is 1. The molecule has 0 bridgehead atoms. The molecular weight excluding hydrogens is 294 g/mol. The molecule has 6 heteroatoms. The van der Waals surface area contributed by atoms with E-state index in [-0.39, 0.29) is 22.2 Å². The molecule has 0 saturated heterocycles. The highest BCUT2D eigenvalue weighted by molar-refractivity contribution is 6.05. The van der Waals surface area contributed by atoms with Gasteiger partial charge < -0.3 is 15.1 Å². The van der Waals surface area contributed by atoms with Gasteiger partial charge in [0.2, 0.25) is 0 Å². The van der Waals surface area contributed by atoms with Crippen LogP contribution < -0.4 is 16.8 Å². The maximum atomic E-state index is 12.2. The van der Waals surface area contributed by atoms with Gasteiger partial charge in [-0.15, -0.1) is 0 Å². The van der Waals surface area contributed by atoms with Crippen molar-refractivity contribution in [3.63, 3.8) is 0 Å². The van der Waals surface area contributed by atoms with Gasteiger partial charge in [0.15, 0.2) is 5.43 Å². The van der Waals surface area contributed by atoms with E-state index >= 15 is 0 Å². The van der Waals surface area contributed by atoms with E-state index in [2.05, 4.69) is 9.97 Å². The van der Waals surface area contributed by atoms with E-state index in [0.29, 0.717) is 16.7 Å². The lowest BCUT2D eigenvalue weighted by molar-refractivity contribution is 0.569. The highest BCUT2D eigenvalue weighted by Gasteiger charge is 2.14. The summed E-state index contributed by atoms with van der Waals surface area (Å²) in [6.07, 6.45) is 0. The predicted molar refractivity (Wildman–Crippen MR) is 88.3 cm³/mol. The first-order chi connectivity index (χ1) is 11.1. The number of nitrogen functional groups attached to an aromatic ring is 1. The number of nitrogens with one attached hydrogen (secondary N) is 1. The summed E-state index contributed by atoms with van der Waals surface area (Å²) in [5.41, 5.74) is 6.66. The number of nitrogens with zero attached hydrogens (tertiary/aromatic N) is 1. The summed E-state index contributed by atoms with van der Waals surface area (Å²) in [5.74, 6) is 0.619. The zero-order chi connectivity index (χ0) is 16.0. The third-order valence-electron chi connectivity index (χ3n) is 3.66. The van der Waals surface area contributed by atoms with Crippen LogP contribution in [0.15, 0.2) is 62.5 Å². The highest BCUT2D eigenvalue weighted by Crippen LogP contribution is 2.26. The van der Waals surface area contributed by atoms with Gasteiger partial charge in [-0.25, -0.2) is 9.78 Å². The number of aromatic nitrogens is 2. The van der Waals surface area contributed by atoms with Gasteiger partial charge in [0.25, 0.3) is 0 Å². The minimum atomic E-state index is -0.626. The maximum absolute atomic E-state index is 12.2. The van der Waals surface area contributed by atoms with Gasteiger partial charge in [-0.3, -0.25) is 4.79 Å². The van der Waals surface area contributed by atoms with Crippen LogP contribution in [0.4, 0.5) is 5.82 Å². The SMILES string of the molecule is Nc1nc(-c2ccccc2)[nH]c2c1c(=O)oc1cc(=O)ccc12. The van der Waals surface area contributed by atoms with Crippen molar-refractivity contribution in [1.29, 1.82) is 0 Å². The molecule has 0 unspecified atom stereocenters. The molecule has 2 aromatic heterocycles. The number of benzene rings is 2. The van der Waals surface area contributed by atoms with Crippen molar-refractivity contribution in [3.8, 4) is 11.4 Å². The molecule has 0 fully saturated rings. The highest BCUT2D eigenvalue weighted by atomic mass is 16.4. The van der Waals surface area contributed by atoms with Crippen LogP contribution in [0.25, 0.3) is 33.3 Å². The molecule has 112 valence electrons. The Morgan fingerprint density at radius 3 is 2.61 bits per heavy atom. The zero-order valence-electron chi connectivity index (χ0n) is 11.9. The normalized spacial score (nSPS) is 11.1. The second-order valence-corrected chi connectivity index (χ2v) is 5.13. The van der Waals surface area contributed by atoms with Crippen molar-refractivity contribution in [1.82, 2.24) is 9.97 Å². The third kappa shape index (κ3) is 2.08. The maximum Gasteiger partial charge on any atom is 0.349 e. The lowest BCUT2D eigenvalue weighted by Gasteiger charge is -2.08. The van der Waals surface area contributed by atoms with Crippen molar-refractivity contribution in [3.05, 3.63) is 69.2 Å². The average molecular weight is 305 g/mol. The van der Waals surface area contributed by atoms with E-state index in [0.717, 1.165) is 5.56 Å². The summed E-state index contributed by atoms with van der Waals surface area (Å²) in [4.78, 5) is 31.0. The molecule has 0 aliphatic heterocycles. The average Bonchev–Trinajstić information content (AvgIpc) is 2.54. The molecule has 6 nitrogen and oxygen atoms in total. The summed E-state index contributed by atoms with van der Waals surface area (Å²) >= 11 is 0. The molecule has 0 amide bonds. The van der Waals surface area contributed by atoms with Gasteiger partial charge in [-0.05, 0) is 12.1 Å². The first-order valence-corrected chi connectivity index (χ1v) is 6.95. The lowest BCUT2D eigenvalue weighted by atomic mass is 10.1. The topological polar surface area (TPSA) is 102 Å². The molecule has 0 aliphatic carbocycles. The minimum Gasteiger partial charge on any atom is -0.422 e. The Balaban J connectivity index is 2.18. The Bertz CT molecular complexity index is 1160. The van der Waals surface area contributed by atoms with Gasteiger partial charge in [0, 0.05) is 17.0 Å². The molecule has 3 N–H and O–H groups in total. The van der Waals surface area contributed by atoms with Crippen molar-refractivity contribution < 1.29 is 4.42 Å². The predicted octanol–water partition coefficient (Wildman–Crippen LogP) is 2.28. The number of anilines is 1. The van der Waals surface area contributed by atoms with Gasteiger partial charge in [-0.2, -0.15) is 0 Å². The van der Waals surface area contributed by atoms with Crippen LogP contribution in [0.5, 0.6) is 0 Å². The second kappa shape index (κ2) is 4.81. The molecule has 0 radical (unpaired) electrons. The molecule has 4 rings (SSSR count). The minimum absolute atomic E-state index is 0.0828. The summed E-state index contributed by atoms with van der Waals surface area (Å²) in [6, 6.07) is 13.7. The fraction of sp³-hybridized carbons (Fsp3) is 0. The Labute approximate surface area is 129 Å². The lowest BCUT2D eigenvalue weighted by Crippen LogP contribution is -2.09. The van der Waals surface area contributed by atoms with E-state index in [1.54, 1.807) is 6.07 Å². The van der Waals surface area contributed by atoms with Crippen molar-refractivity contribution in [2.75, 3.05) is 5.73 Å². The molecular formula is C17H11N3O3.